The fourth-order valence-corrected chi connectivity index (χ4v) is 10.4. The Balaban J connectivity index is 2.25. The molecule has 1 amide bonds. The van der Waals surface area contributed by atoms with Crippen LogP contribution in [0.5, 0.6) is 0 Å². The predicted molar refractivity (Wildman–Crippen MR) is 293 cm³/mol. The Bertz CT molecular complexity index is 1120. The molecule has 0 aliphatic carbocycles. The summed E-state index contributed by atoms with van der Waals surface area (Å²) in [5.74, 6) is -0.688. The van der Waals surface area contributed by atoms with E-state index in [4.69, 9.17) is 9.47 Å². The van der Waals surface area contributed by atoms with Gasteiger partial charge < -0.3 is 50.5 Å². The van der Waals surface area contributed by atoms with Crippen molar-refractivity contribution in [3.63, 3.8) is 0 Å². The molecule has 0 radical (unpaired) electrons. The summed E-state index contributed by atoms with van der Waals surface area (Å²) in [7, 11) is 0. The van der Waals surface area contributed by atoms with Gasteiger partial charge in [-0.1, -0.05) is 296 Å². The lowest BCUT2D eigenvalue weighted by molar-refractivity contribution is -0.303. The van der Waals surface area contributed by atoms with E-state index in [1.54, 1.807) is 0 Å². The van der Waals surface area contributed by atoms with Gasteiger partial charge in [-0.2, -0.15) is 0 Å². The lowest BCUT2D eigenvalue weighted by atomic mass is 9.98. The normalized spacial score (nSPS) is 20.0. The molecule has 424 valence electrons. The Hall–Kier alpha value is -0.890. The first-order chi connectivity index (χ1) is 34.7. The summed E-state index contributed by atoms with van der Waals surface area (Å²) in [6, 6.07) is -1.16. The number of nitrogens with one attached hydrogen (secondary N) is 1. The van der Waals surface area contributed by atoms with Gasteiger partial charge in [0.2, 0.25) is 5.91 Å². The molecule has 9 unspecified atom stereocenters. The Kier molecular flexibility index (Phi) is 47.9. The number of hydrogen-bond acceptors (Lipinski definition) is 10. The van der Waals surface area contributed by atoms with Gasteiger partial charge in [0.1, 0.15) is 36.6 Å². The first-order valence-electron chi connectivity index (χ1n) is 30.9. The number of hydrogen-bond donors (Lipinski definition) is 8. The molecule has 9 atom stereocenters. The van der Waals surface area contributed by atoms with Crippen LogP contribution in [0.4, 0.5) is 0 Å². The van der Waals surface area contributed by atoms with Crippen molar-refractivity contribution in [2.24, 2.45) is 0 Å². The summed E-state index contributed by atoms with van der Waals surface area (Å²) in [5.41, 5.74) is 0. The first kappa shape index (κ1) is 68.1. The summed E-state index contributed by atoms with van der Waals surface area (Å²) in [5, 5.41) is 76.3. The number of carbonyl (C=O) groups excluding carboxylic acids is 1. The third-order valence-electron chi connectivity index (χ3n) is 15.4. The Morgan fingerprint density at radius 1 is 0.437 bits per heavy atom. The quantitative estimate of drug-likeness (QED) is 0.0272. The molecule has 0 aromatic heterocycles. The average molecular weight is 1010 g/mol. The summed E-state index contributed by atoms with van der Waals surface area (Å²) in [6.07, 6.45) is 45.9. The summed E-state index contributed by atoms with van der Waals surface area (Å²) in [6.45, 7) is 3.51. The van der Waals surface area contributed by atoms with Gasteiger partial charge in [-0.25, -0.2) is 0 Å². The number of aliphatic hydroxyl groups excluding tert-OH is 7. The fourth-order valence-electron chi connectivity index (χ4n) is 10.4. The van der Waals surface area contributed by atoms with E-state index >= 15 is 0 Å². The van der Waals surface area contributed by atoms with Crippen LogP contribution in [0.1, 0.15) is 309 Å². The molecule has 1 heterocycles. The average Bonchev–Trinajstić information content (AvgIpc) is 3.37. The van der Waals surface area contributed by atoms with Gasteiger partial charge in [0, 0.05) is 0 Å². The number of ether oxygens (including phenoxy) is 2. The zero-order chi connectivity index (χ0) is 51.8. The highest BCUT2D eigenvalue weighted by atomic mass is 16.7. The molecule has 71 heavy (non-hydrogen) atoms. The van der Waals surface area contributed by atoms with Crippen molar-refractivity contribution in [1.29, 1.82) is 0 Å². The topological polar surface area (TPSA) is 189 Å². The molecule has 0 bridgehead atoms. The second-order valence-corrected chi connectivity index (χ2v) is 22.1. The van der Waals surface area contributed by atoms with Gasteiger partial charge in [0.25, 0.3) is 0 Å². The smallest absolute Gasteiger partial charge is 0.249 e. The van der Waals surface area contributed by atoms with Crippen molar-refractivity contribution >= 4 is 5.91 Å². The van der Waals surface area contributed by atoms with Crippen LogP contribution in [0.3, 0.4) is 0 Å². The highest BCUT2D eigenvalue weighted by molar-refractivity contribution is 5.80. The van der Waals surface area contributed by atoms with Gasteiger partial charge >= 0.3 is 0 Å². The Morgan fingerprint density at radius 2 is 0.732 bits per heavy atom. The molecule has 8 N–H and O–H groups in total. The van der Waals surface area contributed by atoms with E-state index in [1.807, 2.05) is 0 Å². The van der Waals surface area contributed by atoms with Crippen molar-refractivity contribution in [1.82, 2.24) is 5.32 Å². The zero-order valence-corrected chi connectivity index (χ0v) is 46.5. The van der Waals surface area contributed by atoms with E-state index in [-0.39, 0.29) is 6.42 Å². The molecule has 1 rings (SSSR count). The molecule has 1 fully saturated rings. The van der Waals surface area contributed by atoms with Crippen molar-refractivity contribution < 1.29 is 50.0 Å². The van der Waals surface area contributed by atoms with E-state index in [9.17, 15) is 40.5 Å². The number of amides is 1. The maximum atomic E-state index is 13.2. The number of carbonyl (C=O) groups is 1. The van der Waals surface area contributed by atoms with E-state index < -0.39 is 74.2 Å². The van der Waals surface area contributed by atoms with Gasteiger partial charge in [-0.05, 0) is 12.8 Å². The molecule has 0 aromatic carbocycles. The third kappa shape index (κ3) is 38.3. The molecule has 0 aromatic rings. The number of unbranched alkanes of at least 4 members (excludes halogenated alkanes) is 42. The number of rotatable bonds is 54. The largest absolute Gasteiger partial charge is 0.394 e. The van der Waals surface area contributed by atoms with E-state index in [0.29, 0.717) is 19.3 Å². The summed E-state index contributed by atoms with van der Waals surface area (Å²) < 4.78 is 11.2. The van der Waals surface area contributed by atoms with E-state index in [0.717, 1.165) is 38.5 Å². The van der Waals surface area contributed by atoms with Crippen molar-refractivity contribution in [3.05, 3.63) is 0 Å². The SMILES string of the molecule is CCCCCCCCCCCCCCCCCCCCCCCCCCCC(O)C(=O)NC(COC1OC(CO)C(O)C(O)C1O)C(O)C(O)CCCCCCCCCCCCCCCCCCCCC. The van der Waals surface area contributed by atoms with Crippen LogP contribution in [0.2, 0.25) is 0 Å². The van der Waals surface area contributed by atoms with Crippen LogP contribution in [-0.2, 0) is 14.3 Å². The van der Waals surface area contributed by atoms with Crippen LogP contribution >= 0.6 is 0 Å². The highest BCUT2D eigenvalue weighted by Crippen LogP contribution is 2.24. The van der Waals surface area contributed by atoms with Gasteiger partial charge in [0.15, 0.2) is 6.29 Å². The molecule has 1 aliphatic heterocycles. The fraction of sp³-hybridized carbons (Fsp3) is 0.983. The van der Waals surface area contributed by atoms with Crippen molar-refractivity contribution in [2.75, 3.05) is 13.2 Å². The number of aliphatic hydroxyl groups is 7. The summed E-state index contributed by atoms with van der Waals surface area (Å²) >= 11 is 0. The minimum absolute atomic E-state index is 0.267. The first-order valence-corrected chi connectivity index (χ1v) is 30.9. The predicted octanol–water partition coefficient (Wildman–Crippen LogP) is 13.4. The second-order valence-electron chi connectivity index (χ2n) is 22.1. The van der Waals surface area contributed by atoms with E-state index in [2.05, 4.69) is 19.2 Å². The lowest BCUT2D eigenvalue weighted by Gasteiger charge is -2.40. The molecule has 0 saturated carbocycles. The molecule has 1 aliphatic rings. The maximum Gasteiger partial charge on any atom is 0.249 e. The Labute approximate surface area is 437 Å². The van der Waals surface area contributed by atoms with Crippen LogP contribution < -0.4 is 5.32 Å². The van der Waals surface area contributed by atoms with Gasteiger partial charge in [-0.15, -0.1) is 0 Å². The minimum atomic E-state index is -1.66. The van der Waals surface area contributed by atoms with Crippen LogP contribution in [-0.4, -0.2) is 110 Å². The van der Waals surface area contributed by atoms with Crippen molar-refractivity contribution in [2.45, 2.75) is 364 Å². The van der Waals surface area contributed by atoms with Crippen molar-refractivity contribution in [3.8, 4) is 0 Å². The molecule has 11 nitrogen and oxygen atoms in total. The standard InChI is InChI=1S/C60H119NO10/c1-3-5-7-9-11-13-15-17-19-21-23-24-25-26-27-28-30-32-34-36-38-40-42-44-46-48-53(64)59(69)61-51(50-70-60-58(68)57(67)56(66)54(49-62)71-60)55(65)52(63)47-45-43-41-39-37-35-33-31-29-22-20-18-16-14-12-10-8-6-4-2/h51-58,60,62-68H,3-50H2,1-2H3,(H,61,69). The third-order valence-corrected chi connectivity index (χ3v) is 15.4. The lowest BCUT2D eigenvalue weighted by Crippen LogP contribution is -2.60. The molecule has 1 saturated heterocycles. The monoisotopic (exact) mass is 1010 g/mol. The van der Waals surface area contributed by atoms with Crippen LogP contribution in [0.15, 0.2) is 0 Å². The van der Waals surface area contributed by atoms with Gasteiger partial charge in [-0.3, -0.25) is 4.79 Å². The summed E-state index contributed by atoms with van der Waals surface area (Å²) in [4.78, 5) is 13.2. The van der Waals surface area contributed by atoms with E-state index in [1.165, 1.54) is 231 Å². The van der Waals surface area contributed by atoms with Crippen LogP contribution in [0.25, 0.3) is 0 Å². The van der Waals surface area contributed by atoms with Crippen LogP contribution in [0, 0.1) is 0 Å². The van der Waals surface area contributed by atoms with Gasteiger partial charge in [0.05, 0.1) is 25.4 Å². The zero-order valence-electron chi connectivity index (χ0n) is 46.5. The molecular formula is C60H119NO10. The minimum Gasteiger partial charge on any atom is -0.394 e. The molecule has 0 spiro atoms. The molecular weight excluding hydrogens is 895 g/mol. The maximum absolute atomic E-state index is 13.2. The second kappa shape index (κ2) is 50.0. The highest BCUT2D eigenvalue weighted by Gasteiger charge is 2.44. The molecule has 11 heteroatoms. The Morgan fingerprint density at radius 3 is 1.04 bits per heavy atom.